The summed E-state index contributed by atoms with van der Waals surface area (Å²) in [5.74, 6) is -0.429. The SMILES string of the molecule is CCCCCCCCCC=CCCCCCCCCC(C)C(=O)O.COCC(OC)(C(C)C)N(C)C. The normalized spacial score (nSPS) is 14.2. The van der Waals surface area contributed by atoms with Crippen LogP contribution in [0.1, 0.15) is 130 Å². The average molecular weight is 514 g/mol. The predicted octanol–water partition coefficient (Wildman–Crippen LogP) is 8.72. The number of methoxy groups -OCH3 is 2. The monoisotopic (exact) mass is 513 g/mol. The molecule has 0 saturated heterocycles. The van der Waals surface area contributed by atoms with Crippen LogP contribution in [0.2, 0.25) is 0 Å². The first-order chi connectivity index (χ1) is 17.2. The Balaban J connectivity index is 0. The van der Waals surface area contributed by atoms with Gasteiger partial charge in [0.25, 0.3) is 0 Å². The van der Waals surface area contributed by atoms with E-state index in [2.05, 4.69) is 37.8 Å². The maximum Gasteiger partial charge on any atom is 0.306 e. The molecule has 2 atom stereocenters. The highest BCUT2D eigenvalue weighted by molar-refractivity contribution is 5.69. The number of unbranched alkanes of at least 4 members (excludes halogenated alkanes) is 13. The Morgan fingerprint density at radius 2 is 1.25 bits per heavy atom. The Hall–Kier alpha value is -0.910. The summed E-state index contributed by atoms with van der Waals surface area (Å²) in [5, 5.41) is 8.81. The molecule has 0 spiro atoms. The van der Waals surface area contributed by atoms with E-state index < -0.39 is 5.97 Å². The number of allylic oxidation sites excluding steroid dienone is 2. The second-order valence-electron chi connectivity index (χ2n) is 10.9. The fourth-order valence-electron chi connectivity index (χ4n) is 4.49. The number of carboxylic acids is 1. The van der Waals surface area contributed by atoms with Gasteiger partial charge in [0.2, 0.25) is 0 Å². The van der Waals surface area contributed by atoms with Gasteiger partial charge in [-0.2, -0.15) is 0 Å². The largest absolute Gasteiger partial charge is 0.481 e. The Kier molecular flexibility index (Phi) is 26.6. The topological polar surface area (TPSA) is 59.0 Å². The molecule has 0 bridgehead atoms. The molecular formula is C31H63NO4. The maximum atomic E-state index is 10.7. The standard InChI is InChI=1S/C22H42O2.C9H21NO2/c1-3-4-5-6-7-8-9-10-11-12-13-14-15-16-17-18-19-20-21(2)22(23)24;1-8(2)9(12-6,7-11-5)10(3)4/h11-12,21H,3-10,13-20H2,1-2H3,(H,23,24);8H,7H2,1-6H3. The molecule has 1 N–H and O–H groups in total. The van der Waals surface area contributed by atoms with Crippen LogP contribution in [0.3, 0.4) is 0 Å². The molecular weight excluding hydrogens is 450 g/mol. The predicted molar refractivity (Wildman–Crippen MR) is 156 cm³/mol. The van der Waals surface area contributed by atoms with Crippen LogP contribution in [0.5, 0.6) is 0 Å². The Bertz CT molecular complexity index is 497. The smallest absolute Gasteiger partial charge is 0.306 e. The van der Waals surface area contributed by atoms with Crippen molar-refractivity contribution in [3.05, 3.63) is 12.2 Å². The molecule has 5 nitrogen and oxygen atoms in total. The van der Waals surface area contributed by atoms with Crippen molar-refractivity contribution in [1.82, 2.24) is 4.90 Å². The summed E-state index contributed by atoms with van der Waals surface area (Å²) in [6.07, 6.45) is 25.2. The minimum atomic E-state index is -0.654. The van der Waals surface area contributed by atoms with E-state index in [-0.39, 0.29) is 11.6 Å². The second-order valence-corrected chi connectivity index (χ2v) is 10.9. The van der Waals surface area contributed by atoms with Gasteiger partial charge >= 0.3 is 5.97 Å². The van der Waals surface area contributed by atoms with Crippen LogP contribution in [0.25, 0.3) is 0 Å². The van der Waals surface area contributed by atoms with Crippen LogP contribution >= 0.6 is 0 Å². The van der Waals surface area contributed by atoms with E-state index in [0.717, 1.165) is 12.8 Å². The van der Waals surface area contributed by atoms with E-state index in [1.54, 1.807) is 21.1 Å². The van der Waals surface area contributed by atoms with Gasteiger partial charge in [0.1, 0.15) is 5.72 Å². The third-order valence-corrected chi connectivity index (χ3v) is 7.18. The first-order valence-electron chi connectivity index (χ1n) is 14.8. The van der Waals surface area contributed by atoms with Gasteiger partial charge in [-0.15, -0.1) is 0 Å². The fourth-order valence-corrected chi connectivity index (χ4v) is 4.49. The van der Waals surface area contributed by atoms with E-state index in [1.165, 1.54) is 89.9 Å². The van der Waals surface area contributed by atoms with Crippen LogP contribution in [0.15, 0.2) is 12.2 Å². The number of aliphatic carboxylic acids is 1. The zero-order chi connectivity index (χ0) is 27.7. The molecule has 0 aliphatic heterocycles. The molecule has 216 valence electrons. The van der Waals surface area contributed by atoms with Crippen molar-refractivity contribution in [3.63, 3.8) is 0 Å². The minimum Gasteiger partial charge on any atom is -0.481 e. The molecule has 0 aliphatic carbocycles. The second kappa shape index (κ2) is 25.7. The van der Waals surface area contributed by atoms with Crippen molar-refractivity contribution in [2.75, 3.05) is 34.9 Å². The molecule has 0 saturated carbocycles. The van der Waals surface area contributed by atoms with Crippen molar-refractivity contribution >= 4 is 5.97 Å². The summed E-state index contributed by atoms with van der Waals surface area (Å²) in [7, 11) is 7.42. The van der Waals surface area contributed by atoms with Crippen LogP contribution in [-0.2, 0) is 14.3 Å². The first kappa shape index (κ1) is 37.2. The molecule has 2 unspecified atom stereocenters. The molecule has 0 aliphatic rings. The number of carbonyl (C=O) groups is 1. The lowest BCUT2D eigenvalue weighted by molar-refractivity contribution is -0.178. The van der Waals surface area contributed by atoms with Gasteiger partial charge in [0, 0.05) is 14.2 Å². The molecule has 5 heteroatoms. The van der Waals surface area contributed by atoms with Crippen molar-refractivity contribution in [2.45, 2.75) is 136 Å². The molecule has 0 aromatic rings. The highest BCUT2D eigenvalue weighted by Crippen LogP contribution is 2.23. The van der Waals surface area contributed by atoms with E-state index in [4.69, 9.17) is 14.6 Å². The Morgan fingerprint density at radius 1 is 0.806 bits per heavy atom. The van der Waals surface area contributed by atoms with Gasteiger partial charge in [-0.3, -0.25) is 9.69 Å². The summed E-state index contributed by atoms with van der Waals surface area (Å²) < 4.78 is 10.7. The molecule has 0 amide bonds. The summed E-state index contributed by atoms with van der Waals surface area (Å²) in [6.45, 7) is 8.92. The lowest BCUT2D eigenvalue weighted by Crippen LogP contribution is -2.53. The van der Waals surface area contributed by atoms with Crippen molar-refractivity contribution in [2.24, 2.45) is 11.8 Å². The number of ether oxygens (including phenoxy) is 2. The van der Waals surface area contributed by atoms with E-state index in [0.29, 0.717) is 12.5 Å². The first-order valence-corrected chi connectivity index (χ1v) is 14.8. The van der Waals surface area contributed by atoms with Crippen LogP contribution in [0.4, 0.5) is 0 Å². The van der Waals surface area contributed by atoms with E-state index in [9.17, 15) is 4.79 Å². The minimum absolute atomic E-state index is 0.175. The number of hydrogen-bond donors (Lipinski definition) is 1. The van der Waals surface area contributed by atoms with Gasteiger partial charge in [-0.25, -0.2) is 0 Å². The number of carboxylic acid groups (broad SMARTS) is 1. The number of rotatable bonds is 23. The lowest BCUT2D eigenvalue weighted by atomic mass is 9.99. The zero-order valence-corrected chi connectivity index (χ0v) is 25.4. The summed E-state index contributed by atoms with van der Waals surface area (Å²) >= 11 is 0. The summed E-state index contributed by atoms with van der Waals surface area (Å²) in [6, 6.07) is 0. The Morgan fingerprint density at radius 3 is 1.58 bits per heavy atom. The van der Waals surface area contributed by atoms with Crippen LogP contribution < -0.4 is 0 Å². The molecule has 36 heavy (non-hydrogen) atoms. The fraction of sp³-hybridized carbons (Fsp3) is 0.903. The van der Waals surface area contributed by atoms with Crippen LogP contribution in [0, 0.1) is 11.8 Å². The van der Waals surface area contributed by atoms with Gasteiger partial charge in [-0.05, 0) is 52.1 Å². The summed E-state index contributed by atoms with van der Waals surface area (Å²) in [5.41, 5.74) is -0.297. The van der Waals surface area contributed by atoms with Crippen molar-refractivity contribution in [3.8, 4) is 0 Å². The maximum absolute atomic E-state index is 10.7. The number of nitrogens with zero attached hydrogens (tertiary/aromatic N) is 1. The molecule has 0 radical (unpaired) electrons. The van der Waals surface area contributed by atoms with Gasteiger partial charge in [-0.1, -0.05) is 110 Å². The number of hydrogen-bond acceptors (Lipinski definition) is 4. The van der Waals surface area contributed by atoms with Crippen molar-refractivity contribution in [1.29, 1.82) is 0 Å². The Labute approximate surface area is 225 Å². The molecule has 0 aromatic heterocycles. The highest BCUT2D eigenvalue weighted by atomic mass is 16.5. The number of likely N-dealkylation sites (N-methyl/N-ethyl adjacent to an activating group) is 1. The van der Waals surface area contributed by atoms with Gasteiger partial charge in [0.15, 0.2) is 0 Å². The zero-order valence-electron chi connectivity index (χ0n) is 25.4. The highest BCUT2D eigenvalue weighted by Gasteiger charge is 2.36. The third kappa shape index (κ3) is 20.2. The molecule has 0 heterocycles. The van der Waals surface area contributed by atoms with Gasteiger partial charge in [0.05, 0.1) is 12.5 Å². The quantitative estimate of drug-likeness (QED) is 0.0841. The lowest BCUT2D eigenvalue weighted by Gasteiger charge is -2.41. The third-order valence-electron chi connectivity index (χ3n) is 7.18. The average Bonchev–Trinajstić information content (AvgIpc) is 2.84. The summed E-state index contributed by atoms with van der Waals surface area (Å²) in [4.78, 5) is 12.8. The van der Waals surface area contributed by atoms with Crippen LogP contribution in [-0.4, -0.2) is 56.6 Å². The van der Waals surface area contributed by atoms with Gasteiger partial charge < -0.3 is 14.6 Å². The van der Waals surface area contributed by atoms with E-state index in [1.807, 2.05) is 14.1 Å². The van der Waals surface area contributed by atoms with Crippen molar-refractivity contribution < 1.29 is 19.4 Å². The molecule has 0 fully saturated rings. The molecule has 0 aromatic carbocycles. The molecule has 0 rings (SSSR count). The van der Waals surface area contributed by atoms with E-state index >= 15 is 0 Å².